The highest BCUT2D eigenvalue weighted by Crippen LogP contribution is 2.65. The molecular weight excluding hydrogens is 508 g/mol. The molecule has 184 valence electrons. The molecule has 35 heavy (non-hydrogen) atoms. The third kappa shape index (κ3) is 3.11. The van der Waals surface area contributed by atoms with Gasteiger partial charge in [-0.25, -0.2) is 0 Å². The molecule has 1 saturated heterocycles. The van der Waals surface area contributed by atoms with Gasteiger partial charge >= 0.3 is 0 Å². The Labute approximate surface area is 214 Å². The number of hydrogen-bond donors (Lipinski definition) is 2. The number of likely N-dealkylation sites (N-methyl/N-ethyl adjacent to an activating group) is 1. The summed E-state index contributed by atoms with van der Waals surface area (Å²) in [6.45, 7) is 5.47. The number of piperidine rings is 1. The lowest BCUT2D eigenvalue weighted by Crippen LogP contribution is -2.78. The highest BCUT2D eigenvalue weighted by Gasteiger charge is 2.73. The van der Waals surface area contributed by atoms with Crippen LogP contribution in [0.15, 0.2) is 53.5 Å². The Balaban J connectivity index is 1.40. The normalized spacial score (nSPS) is 32.5. The zero-order valence-corrected chi connectivity index (χ0v) is 21.5. The fraction of sp³-hybridized carbons (Fsp3) is 0.464. The predicted octanol–water partition coefficient (Wildman–Crippen LogP) is 3.56. The van der Waals surface area contributed by atoms with E-state index in [0.717, 1.165) is 34.3 Å². The molecular formula is C28H31BrN2O4. The second-order valence-electron chi connectivity index (χ2n) is 10.6. The summed E-state index contributed by atoms with van der Waals surface area (Å²) in [6.07, 6.45) is 4.45. The number of ether oxygens (including phenoxy) is 1. The Kier molecular flexibility index (Phi) is 5.33. The number of carbonyl (C=O) groups excluding carboxylic acids is 1. The van der Waals surface area contributed by atoms with Crippen LogP contribution in [0.4, 0.5) is 0 Å². The van der Waals surface area contributed by atoms with Crippen LogP contribution >= 0.6 is 15.9 Å². The number of aliphatic hydroxyl groups is 1. The summed E-state index contributed by atoms with van der Waals surface area (Å²) >= 11 is 3.49. The maximum absolute atomic E-state index is 13.4. The van der Waals surface area contributed by atoms with Gasteiger partial charge in [-0.05, 0) is 61.6 Å². The number of aromatic hydroxyl groups is 1. The Hall–Kier alpha value is -2.35. The van der Waals surface area contributed by atoms with Gasteiger partial charge in [0.15, 0.2) is 11.5 Å². The molecule has 2 bridgehead atoms. The van der Waals surface area contributed by atoms with Gasteiger partial charge in [-0.15, -0.1) is 6.58 Å². The van der Waals surface area contributed by atoms with E-state index in [1.54, 1.807) is 6.07 Å². The first-order chi connectivity index (χ1) is 16.8. The molecule has 2 fully saturated rings. The van der Waals surface area contributed by atoms with E-state index in [-0.39, 0.29) is 23.7 Å². The fourth-order valence-electron chi connectivity index (χ4n) is 7.52. The van der Waals surface area contributed by atoms with Crippen molar-refractivity contribution in [3.63, 3.8) is 0 Å². The van der Waals surface area contributed by atoms with Crippen molar-refractivity contribution >= 4 is 21.8 Å². The Morgan fingerprint density at radius 2 is 2.17 bits per heavy atom. The standard InChI is InChI=1S/C28H31BrN2O4/c1-3-12-31-13-11-27-24-18-7-8-21(32)25(24)35-26(27)20(9-10-28(27,34)22(31)16-18)30(2)23(33)15-17-5-4-6-19(29)14-17/h3-8,14,20,22,26,32,34H,1,9-13,15-16H2,2H3/t20-,22+,26-,27-,28+/m0/s1. The molecule has 2 aliphatic heterocycles. The molecule has 5 atom stereocenters. The van der Waals surface area contributed by atoms with Gasteiger partial charge in [0, 0.05) is 29.7 Å². The van der Waals surface area contributed by atoms with Crippen LogP contribution in [-0.2, 0) is 23.1 Å². The van der Waals surface area contributed by atoms with E-state index < -0.39 is 17.1 Å². The minimum absolute atomic E-state index is 0.0235. The highest BCUT2D eigenvalue weighted by atomic mass is 79.9. The quantitative estimate of drug-likeness (QED) is 0.569. The van der Waals surface area contributed by atoms with E-state index in [1.165, 1.54) is 0 Å². The molecule has 0 unspecified atom stereocenters. The molecule has 2 aromatic carbocycles. The highest BCUT2D eigenvalue weighted by molar-refractivity contribution is 9.10. The second-order valence-corrected chi connectivity index (χ2v) is 11.5. The van der Waals surface area contributed by atoms with Gasteiger partial charge in [-0.1, -0.05) is 40.2 Å². The van der Waals surface area contributed by atoms with Gasteiger partial charge in [0.1, 0.15) is 6.10 Å². The van der Waals surface area contributed by atoms with Crippen LogP contribution in [0.5, 0.6) is 11.5 Å². The molecule has 7 heteroatoms. The van der Waals surface area contributed by atoms with Crippen LogP contribution in [-0.4, -0.2) is 69.8 Å². The van der Waals surface area contributed by atoms with Crippen LogP contribution in [0.3, 0.4) is 0 Å². The lowest BCUT2D eigenvalue weighted by Gasteiger charge is -2.64. The Morgan fingerprint density at radius 3 is 2.94 bits per heavy atom. The number of carbonyl (C=O) groups is 1. The number of rotatable bonds is 5. The molecule has 0 aromatic heterocycles. The van der Waals surface area contributed by atoms with Crippen LogP contribution in [0.1, 0.15) is 36.0 Å². The zero-order valence-electron chi connectivity index (χ0n) is 19.9. The molecule has 1 saturated carbocycles. The van der Waals surface area contributed by atoms with E-state index in [9.17, 15) is 15.0 Å². The van der Waals surface area contributed by atoms with Crippen molar-refractivity contribution < 1.29 is 19.7 Å². The van der Waals surface area contributed by atoms with Gasteiger partial charge in [0.25, 0.3) is 0 Å². The summed E-state index contributed by atoms with van der Waals surface area (Å²) in [7, 11) is 1.85. The Bertz CT molecular complexity index is 1220. The van der Waals surface area contributed by atoms with E-state index in [0.29, 0.717) is 37.9 Å². The van der Waals surface area contributed by atoms with E-state index in [1.807, 2.05) is 48.4 Å². The molecule has 1 amide bonds. The van der Waals surface area contributed by atoms with Crippen molar-refractivity contribution in [2.75, 3.05) is 20.1 Å². The number of halogens is 1. The van der Waals surface area contributed by atoms with Crippen molar-refractivity contribution in [3.05, 3.63) is 70.2 Å². The van der Waals surface area contributed by atoms with Crippen LogP contribution in [0, 0.1) is 0 Å². The number of phenolic OH excluding ortho intramolecular Hbond substituents is 1. The number of amides is 1. The fourth-order valence-corrected chi connectivity index (χ4v) is 7.96. The first-order valence-corrected chi connectivity index (χ1v) is 13.2. The first kappa shape index (κ1) is 23.1. The molecule has 6 nitrogen and oxygen atoms in total. The zero-order chi connectivity index (χ0) is 24.5. The van der Waals surface area contributed by atoms with E-state index >= 15 is 0 Å². The minimum Gasteiger partial charge on any atom is -0.504 e. The summed E-state index contributed by atoms with van der Waals surface area (Å²) in [5, 5.41) is 23.2. The van der Waals surface area contributed by atoms with Crippen LogP contribution < -0.4 is 4.74 Å². The predicted molar refractivity (Wildman–Crippen MR) is 137 cm³/mol. The van der Waals surface area contributed by atoms with Crippen molar-refractivity contribution in [1.29, 1.82) is 0 Å². The minimum atomic E-state index is -0.990. The molecule has 2 aliphatic carbocycles. The average Bonchev–Trinajstić information content (AvgIpc) is 3.18. The topological polar surface area (TPSA) is 73.2 Å². The van der Waals surface area contributed by atoms with Crippen LogP contribution in [0.2, 0.25) is 0 Å². The molecule has 6 rings (SSSR count). The Morgan fingerprint density at radius 1 is 1.34 bits per heavy atom. The smallest absolute Gasteiger partial charge is 0.227 e. The van der Waals surface area contributed by atoms with Gasteiger partial charge in [-0.2, -0.15) is 0 Å². The summed E-state index contributed by atoms with van der Waals surface area (Å²) in [6, 6.07) is 11.3. The largest absolute Gasteiger partial charge is 0.504 e. The van der Waals surface area contributed by atoms with Crippen molar-refractivity contribution in [2.45, 2.75) is 61.3 Å². The molecule has 4 aliphatic rings. The maximum atomic E-state index is 13.4. The summed E-state index contributed by atoms with van der Waals surface area (Å²) < 4.78 is 7.52. The van der Waals surface area contributed by atoms with Gasteiger partial charge in [0.05, 0.1) is 23.5 Å². The number of likely N-dealkylation sites (tertiary alicyclic amines) is 1. The SMILES string of the molecule is C=CCN1CC[C@]23c4c5ccc(O)c4O[C@H]2[C@@H](N(C)C(=O)Cc2cccc(Br)c2)CC[C@@]3(O)[C@H]1C5. The van der Waals surface area contributed by atoms with Gasteiger partial charge < -0.3 is 19.8 Å². The van der Waals surface area contributed by atoms with Crippen molar-refractivity contribution in [2.24, 2.45) is 0 Å². The lowest BCUT2D eigenvalue weighted by atomic mass is 9.48. The van der Waals surface area contributed by atoms with E-state index in [4.69, 9.17) is 4.74 Å². The number of benzene rings is 2. The monoisotopic (exact) mass is 538 g/mol. The van der Waals surface area contributed by atoms with Gasteiger partial charge in [0.2, 0.25) is 5.91 Å². The van der Waals surface area contributed by atoms with E-state index in [2.05, 4.69) is 27.4 Å². The average molecular weight is 539 g/mol. The summed E-state index contributed by atoms with van der Waals surface area (Å²) in [5.41, 5.74) is 1.41. The number of phenols is 1. The van der Waals surface area contributed by atoms with Gasteiger partial charge in [-0.3, -0.25) is 9.69 Å². The van der Waals surface area contributed by atoms with Crippen molar-refractivity contribution in [3.8, 4) is 11.5 Å². The third-order valence-electron chi connectivity index (χ3n) is 9.04. The van der Waals surface area contributed by atoms with Crippen LogP contribution in [0.25, 0.3) is 0 Å². The second kappa shape index (κ2) is 8.08. The molecule has 0 radical (unpaired) electrons. The third-order valence-corrected chi connectivity index (χ3v) is 9.53. The number of hydrogen-bond acceptors (Lipinski definition) is 5. The molecule has 1 spiro atoms. The maximum Gasteiger partial charge on any atom is 0.227 e. The molecule has 2 aromatic rings. The lowest BCUT2D eigenvalue weighted by molar-refractivity contribution is -0.198. The summed E-state index contributed by atoms with van der Waals surface area (Å²) in [4.78, 5) is 17.6. The van der Waals surface area contributed by atoms with Crippen molar-refractivity contribution in [1.82, 2.24) is 9.80 Å². The number of nitrogens with zero attached hydrogens (tertiary/aromatic N) is 2. The first-order valence-electron chi connectivity index (χ1n) is 12.4. The summed E-state index contributed by atoms with van der Waals surface area (Å²) in [5.74, 6) is 0.639. The molecule has 2 N–H and O–H groups in total. The molecule has 2 heterocycles.